The van der Waals surface area contributed by atoms with E-state index in [-0.39, 0.29) is 18.3 Å². The summed E-state index contributed by atoms with van der Waals surface area (Å²) in [5.41, 5.74) is 6.22. The van der Waals surface area contributed by atoms with Gasteiger partial charge in [0.1, 0.15) is 5.60 Å². The summed E-state index contributed by atoms with van der Waals surface area (Å²) >= 11 is 5.93. The molecule has 18 heavy (non-hydrogen) atoms. The van der Waals surface area contributed by atoms with Gasteiger partial charge in [0.05, 0.1) is 6.42 Å². The minimum Gasteiger partial charge on any atom is -0.460 e. The third-order valence-electron chi connectivity index (χ3n) is 2.44. The largest absolute Gasteiger partial charge is 0.460 e. The van der Waals surface area contributed by atoms with Crippen molar-refractivity contribution in [2.75, 3.05) is 6.54 Å². The van der Waals surface area contributed by atoms with Gasteiger partial charge in [-0.25, -0.2) is 0 Å². The lowest BCUT2D eigenvalue weighted by Gasteiger charge is -2.22. The molecule has 0 radical (unpaired) electrons. The maximum absolute atomic E-state index is 11.8. The van der Waals surface area contributed by atoms with Crippen molar-refractivity contribution in [3.63, 3.8) is 0 Å². The van der Waals surface area contributed by atoms with E-state index in [0.29, 0.717) is 11.6 Å². The number of nitrogens with two attached hydrogens (primary N) is 1. The standard InChI is InChI=1S/C14H20ClNO2/c1-14(2,3)18-13(17)8-11(9-16)10-5-4-6-12(15)7-10/h4-7,11H,8-9,16H2,1-3H3. The molecule has 2 N–H and O–H groups in total. The van der Waals surface area contributed by atoms with Gasteiger partial charge in [-0.3, -0.25) is 4.79 Å². The Morgan fingerprint density at radius 1 is 1.44 bits per heavy atom. The van der Waals surface area contributed by atoms with E-state index in [2.05, 4.69) is 0 Å². The van der Waals surface area contributed by atoms with Gasteiger partial charge < -0.3 is 10.5 Å². The van der Waals surface area contributed by atoms with Crippen molar-refractivity contribution in [2.45, 2.75) is 38.7 Å². The molecule has 0 spiro atoms. The minimum atomic E-state index is -0.468. The molecule has 1 rings (SSSR count). The molecule has 0 aliphatic carbocycles. The number of carbonyl (C=O) groups excluding carboxylic acids is 1. The number of hydrogen-bond donors (Lipinski definition) is 1. The Bertz CT molecular complexity index is 413. The molecule has 1 atom stereocenters. The van der Waals surface area contributed by atoms with Crippen molar-refractivity contribution >= 4 is 17.6 Å². The van der Waals surface area contributed by atoms with E-state index < -0.39 is 5.60 Å². The Balaban J connectivity index is 2.71. The SMILES string of the molecule is CC(C)(C)OC(=O)CC(CN)c1cccc(Cl)c1. The molecule has 0 fully saturated rings. The molecule has 0 saturated heterocycles. The zero-order chi connectivity index (χ0) is 13.8. The van der Waals surface area contributed by atoms with Crippen LogP contribution in [-0.2, 0) is 9.53 Å². The first-order chi connectivity index (χ1) is 8.31. The molecule has 1 aromatic rings. The second kappa shape index (κ2) is 6.21. The van der Waals surface area contributed by atoms with Crippen LogP contribution in [0.2, 0.25) is 5.02 Å². The molecule has 0 saturated carbocycles. The summed E-state index contributed by atoms with van der Waals surface area (Å²) < 4.78 is 5.29. The van der Waals surface area contributed by atoms with Gasteiger partial charge in [0.15, 0.2) is 0 Å². The number of halogens is 1. The summed E-state index contributed by atoms with van der Waals surface area (Å²) in [7, 11) is 0. The Morgan fingerprint density at radius 3 is 2.61 bits per heavy atom. The van der Waals surface area contributed by atoms with E-state index >= 15 is 0 Å². The maximum Gasteiger partial charge on any atom is 0.306 e. The molecular weight excluding hydrogens is 250 g/mol. The molecule has 100 valence electrons. The number of esters is 1. The number of ether oxygens (including phenoxy) is 1. The van der Waals surface area contributed by atoms with E-state index in [0.717, 1.165) is 5.56 Å². The summed E-state index contributed by atoms with van der Waals surface area (Å²) in [5.74, 6) is -0.295. The Hall–Kier alpha value is -1.06. The predicted octanol–water partition coefficient (Wildman–Crippen LogP) is 3.11. The number of benzene rings is 1. The topological polar surface area (TPSA) is 52.3 Å². The smallest absolute Gasteiger partial charge is 0.306 e. The summed E-state index contributed by atoms with van der Waals surface area (Å²) in [6.45, 7) is 5.94. The van der Waals surface area contributed by atoms with E-state index in [1.807, 2.05) is 39.0 Å². The summed E-state index contributed by atoms with van der Waals surface area (Å²) in [5, 5.41) is 0.648. The van der Waals surface area contributed by atoms with Crippen molar-refractivity contribution in [1.29, 1.82) is 0 Å². The van der Waals surface area contributed by atoms with E-state index in [1.165, 1.54) is 0 Å². The quantitative estimate of drug-likeness (QED) is 0.855. The third-order valence-corrected chi connectivity index (χ3v) is 2.67. The first-order valence-electron chi connectivity index (χ1n) is 5.99. The van der Waals surface area contributed by atoms with Gasteiger partial charge in [-0.1, -0.05) is 23.7 Å². The third kappa shape index (κ3) is 5.07. The van der Waals surface area contributed by atoms with Gasteiger partial charge in [-0.2, -0.15) is 0 Å². The van der Waals surface area contributed by atoms with Crippen LogP contribution in [0, 0.1) is 0 Å². The van der Waals surface area contributed by atoms with Gasteiger partial charge in [0.2, 0.25) is 0 Å². The fraction of sp³-hybridized carbons (Fsp3) is 0.500. The summed E-state index contributed by atoms with van der Waals surface area (Å²) in [6.07, 6.45) is 0.272. The highest BCUT2D eigenvalue weighted by Gasteiger charge is 2.20. The van der Waals surface area contributed by atoms with Crippen LogP contribution < -0.4 is 5.73 Å². The van der Waals surface area contributed by atoms with Crippen molar-refractivity contribution in [3.8, 4) is 0 Å². The number of carbonyl (C=O) groups is 1. The van der Waals surface area contributed by atoms with Gasteiger partial charge in [0.25, 0.3) is 0 Å². The lowest BCUT2D eigenvalue weighted by atomic mass is 9.96. The van der Waals surface area contributed by atoms with Crippen LogP contribution in [-0.4, -0.2) is 18.1 Å². The molecule has 0 aliphatic rings. The minimum absolute atomic E-state index is 0.0569. The highest BCUT2D eigenvalue weighted by atomic mass is 35.5. The van der Waals surface area contributed by atoms with E-state index in [4.69, 9.17) is 22.1 Å². The van der Waals surface area contributed by atoms with Crippen LogP contribution in [0.25, 0.3) is 0 Å². The lowest BCUT2D eigenvalue weighted by Crippen LogP contribution is -2.26. The Labute approximate surface area is 113 Å². The summed E-state index contributed by atoms with van der Waals surface area (Å²) in [6, 6.07) is 7.42. The number of hydrogen-bond acceptors (Lipinski definition) is 3. The predicted molar refractivity (Wildman–Crippen MR) is 73.7 cm³/mol. The Kier molecular flexibility index (Phi) is 5.17. The van der Waals surface area contributed by atoms with Crippen LogP contribution in [0.4, 0.5) is 0 Å². The first-order valence-corrected chi connectivity index (χ1v) is 6.37. The molecule has 0 aliphatic heterocycles. The highest BCUT2D eigenvalue weighted by Crippen LogP contribution is 2.23. The van der Waals surface area contributed by atoms with Crippen molar-refractivity contribution in [2.24, 2.45) is 5.73 Å². The monoisotopic (exact) mass is 269 g/mol. The average Bonchev–Trinajstić information content (AvgIpc) is 2.23. The van der Waals surface area contributed by atoms with E-state index in [9.17, 15) is 4.79 Å². The first kappa shape index (κ1) is 15.0. The van der Waals surface area contributed by atoms with Gasteiger partial charge >= 0.3 is 5.97 Å². The summed E-state index contributed by atoms with van der Waals surface area (Å²) in [4.78, 5) is 11.8. The lowest BCUT2D eigenvalue weighted by molar-refractivity contribution is -0.155. The molecule has 4 heteroatoms. The zero-order valence-corrected chi connectivity index (χ0v) is 11.8. The normalized spacial score (nSPS) is 13.2. The van der Waals surface area contributed by atoms with Crippen LogP contribution in [0.1, 0.15) is 38.7 Å². The highest BCUT2D eigenvalue weighted by molar-refractivity contribution is 6.30. The van der Waals surface area contributed by atoms with Crippen LogP contribution in [0.3, 0.4) is 0 Å². The zero-order valence-electron chi connectivity index (χ0n) is 11.1. The average molecular weight is 270 g/mol. The van der Waals surface area contributed by atoms with Crippen molar-refractivity contribution < 1.29 is 9.53 Å². The number of rotatable bonds is 4. The van der Waals surface area contributed by atoms with Gasteiger partial charge in [0, 0.05) is 10.9 Å². The molecule has 0 bridgehead atoms. The molecule has 1 aromatic carbocycles. The second-order valence-corrected chi connectivity index (χ2v) is 5.71. The van der Waals surface area contributed by atoms with Gasteiger partial charge in [-0.05, 0) is 45.0 Å². The molecule has 0 aromatic heterocycles. The molecule has 0 amide bonds. The van der Waals surface area contributed by atoms with Gasteiger partial charge in [-0.15, -0.1) is 0 Å². The van der Waals surface area contributed by atoms with Crippen LogP contribution in [0.15, 0.2) is 24.3 Å². The molecule has 3 nitrogen and oxygen atoms in total. The fourth-order valence-electron chi connectivity index (χ4n) is 1.68. The van der Waals surface area contributed by atoms with E-state index in [1.54, 1.807) is 6.07 Å². The van der Waals surface area contributed by atoms with Crippen LogP contribution >= 0.6 is 11.6 Å². The maximum atomic E-state index is 11.8. The van der Waals surface area contributed by atoms with Crippen molar-refractivity contribution in [1.82, 2.24) is 0 Å². The van der Waals surface area contributed by atoms with Crippen molar-refractivity contribution in [3.05, 3.63) is 34.9 Å². The Morgan fingerprint density at radius 2 is 2.11 bits per heavy atom. The molecular formula is C14H20ClNO2. The second-order valence-electron chi connectivity index (χ2n) is 5.28. The van der Waals surface area contributed by atoms with Crippen LogP contribution in [0.5, 0.6) is 0 Å². The molecule has 0 heterocycles. The molecule has 1 unspecified atom stereocenters. The fourth-order valence-corrected chi connectivity index (χ4v) is 1.88.